The van der Waals surface area contributed by atoms with Gasteiger partial charge < -0.3 is 15.2 Å². The molecule has 0 radical (unpaired) electrons. The molecule has 0 saturated heterocycles. The van der Waals surface area contributed by atoms with Gasteiger partial charge in [0.05, 0.1) is 10.6 Å². The van der Waals surface area contributed by atoms with E-state index in [0.29, 0.717) is 10.8 Å². The Kier molecular flexibility index (Phi) is 5.88. The zero-order chi connectivity index (χ0) is 15.1. The summed E-state index contributed by atoms with van der Waals surface area (Å²) >= 11 is 5.95. The molecule has 21 heavy (non-hydrogen) atoms. The summed E-state index contributed by atoms with van der Waals surface area (Å²) in [5, 5.41) is 13.7. The minimum atomic E-state index is -0.767. The van der Waals surface area contributed by atoms with E-state index in [1.807, 2.05) is 0 Å². The molecular formula is C16H22ClNO3. The lowest BCUT2D eigenvalue weighted by Crippen LogP contribution is -2.44. The van der Waals surface area contributed by atoms with Crippen LogP contribution in [0.4, 0.5) is 0 Å². The molecule has 2 N–H and O–H groups in total. The van der Waals surface area contributed by atoms with Crippen LogP contribution in [0.2, 0.25) is 5.02 Å². The number of halogens is 1. The fraction of sp³-hybridized carbons (Fsp3) is 0.562. The molecule has 0 aliphatic heterocycles. The van der Waals surface area contributed by atoms with Crippen molar-refractivity contribution in [3.63, 3.8) is 0 Å². The van der Waals surface area contributed by atoms with Gasteiger partial charge in [-0.1, -0.05) is 49.4 Å². The number of hydrogen-bond donors (Lipinski definition) is 2. The fourth-order valence-electron chi connectivity index (χ4n) is 2.58. The molecule has 4 nitrogen and oxygen atoms in total. The summed E-state index contributed by atoms with van der Waals surface area (Å²) < 4.78 is 5.37. The maximum atomic E-state index is 11.8. The molecule has 1 saturated carbocycles. The zero-order valence-corrected chi connectivity index (χ0v) is 12.9. The molecule has 2 rings (SSSR count). The topological polar surface area (TPSA) is 58.6 Å². The van der Waals surface area contributed by atoms with Gasteiger partial charge in [0, 0.05) is 6.54 Å². The summed E-state index contributed by atoms with van der Waals surface area (Å²) in [5.41, 5.74) is -0.767. The Morgan fingerprint density at radius 1 is 1.24 bits per heavy atom. The lowest BCUT2D eigenvalue weighted by atomic mass is 9.94. The molecule has 1 fully saturated rings. The van der Waals surface area contributed by atoms with Crippen molar-refractivity contribution in [2.24, 2.45) is 0 Å². The van der Waals surface area contributed by atoms with Crippen molar-refractivity contribution in [3.05, 3.63) is 29.3 Å². The SMILES string of the molecule is O=C(COc1ccccc1Cl)NCC1(O)CCCCCC1. The molecule has 0 unspecified atom stereocenters. The minimum absolute atomic E-state index is 0.0974. The average Bonchev–Trinajstić information content (AvgIpc) is 2.70. The second-order valence-electron chi connectivity index (χ2n) is 5.63. The van der Waals surface area contributed by atoms with Gasteiger partial charge in [-0.25, -0.2) is 0 Å². The van der Waals surface area contributed by atoms with Gasteiger partial charge in [-0.2, -0.15) is 0 Å². The van der Waals surface area contributed by atoms with Gasteiger partial charge in [-0.15, -0.1) is 0 Å². The average molecular weight is 312 g/mol. The predicted octanol–water partition coefficient (Wildman–Crippen LogP) is 2.92. The number of nitrogens with one attached hydrogen (secondary N) is 1. The maximum Gasteiger partial charge on any atom is 0.258 e. The van der Waals surface area contributed by atoms with Gasteiger partial charge in [-0.3, -0.25) is 4.79 Å². The van der Waals surface area contributed by atoms with Gasteiger partial charge >= 0.3 is 0 Å². The van der Waals surface area contributed by atoms with E-state index in [-0.39, 0.29) is 19.1 Å². The van der Waals surface area contributed by atoms with Crippen molar-refractivity contribution >= 4 is 17.5 Å². The van der Waals surface area contributed by atoms with Gasteiger partial charge in [0.1, 0.15) is 5.75 Å². The van der Waals surface area contributed by atoms with Crippen LogP contribution in [-0.2, 0) is 4.79 Å². The van der Waals surface area contributed by atoms with Crippen LogP contribution >= 0.6 is 11.6 Å². The lowest BCUT2D eigenvalue weighted by molar-refractivity contribution is -0.124. The molecule has 1 aromatic carbocycles. The highest BCUT2D eigenvalue weighted by atomic mass is 35.5. The number of ether oxygens (including phenoxy) is 1. The quantitative estimate of drug-likeness (QED) is 0.822. The molecule has 116 valence electrons. The Hall–Kier alpha value is -1.26. The number of amides is 1. The predicted molar refractivity (Wildman–Crippen MR) is 82.6 cm³/mol. The Labute approximate surface area is 130 Å². The van der Waals surface area contributed by atoms with E-state index in [9.17, 15) is 9.90 Å². The smallest absolute Gasteiger partial charge is 0.258 e. The second kappa shape index (κ2) is 7.66. The highest BCUT2D eigenvalue weighted by Crippen LogP contribution is 2.26. The van der Waals surface area contributed by atoms with Crippen LogP contribution in [0.25, 0.3) is 0 Å². The summed E-state index contributed by atoms with van der Waals surface area (Å²) in [7, 11) is 0. The van der Waals surface area contributed by atoms with Crippen LogP contribution < -0.4 is 10.1 Å². The Balaban J connectivity index is 1.75. The first-order valence-electron chi connectivity index (χ1n) is 7.45. The summed E-state index contributed by atoms with van der Waals surface area (Å²) in [4.78, 5) is 11.8. The number of rotatable bonds is 5. The summed E-state index contributed by atoms with van der Waals surface area (Å²) in [5.74, 6) is 0.245. The number of benzene rings is 1. The summed E-state index contributed by atoms with van der Waals surface area (Å²) in [6.45, 7) is 0.192. The zero-order valence-electron chi connectivity index (χ0n) is 12.1. The van der Waals surface area contributed by atoms with E-state index in [4.69, 9.17) is 16.3 Å². The molecule has 0 heterocycles. The molecular weight excluding hydrogens is 290 g/mol. The molecule has 0 aromatic heterocycles. The monoisotopic (exact) mass is 311 g/mol. The first-order chi connectivity index (χ1) is 10.1. The van der Waals surface area contributed by atoms with Gasteiger partial charge in [0.15, 0.2) is 6.61 Å². The van der Waals surface area contributed by atoms with Crippen LogP contribution in [0.15, 0.2) is 24.3 Å². The first-order valence-corrected chi connectivity index (χ1v) is 7.83. The van der Waals surface area contributed by atoms with Gasteiger partial charge in [0.25, 0.3) is 5.91 Å². The fourth-order valence-corrected chi connectivity index (χ4v) is 2.77. The molecule has 1 aliphatic rings. The van der Waals surface area contributed by atoms with E-state index < -0.39 is 5.60 Å². The summed E-state index contributed by atoms with van der Waals surface area (Å²) in [6.07, 6.45) is 5.85. The molecule has 1 aromatic rings. The third kappa shape index (κ3) is 5.21. The van der Waals surface area contributed by atoms with E-state index in [1.165, 1.54) is 0 Å². The molecule has 0 spiro atoms. The van der Waals surface area contributed by atoms with Crippen LogP contribution in [-0.4, -0.2) is 29.8 Å². The molecule has 0 bridgehead atoms. The van der Waals surface area contributed by atoms with E-state index in [0.717, 1.165) is 38.5 Å². The highest BCUT2D eigenvalue weighted by Gasteiger charge is 2.28. The van der Waals surface area contributed by atoms with E-state index in [1.54, 1.807) is 24.3 Å². The lowest BCUT2D eigenvalue weighted by Gasteiger charge is -2.26. The van der Waals surface area contributed by atoms with Crippen molar-refractivity contribution in [3.8, 4) is 5.75 Å². The number of para-hydroxylation sites is 1. The van der Waals surface area contributed by atoms with Crippen LogP contribution in [0, 0.1) is 0 Å². The molecule has 1 aliphatic carbocycles. The number of carbonyl (C=O) groups is 1. The highest BCUT2D eigenvalue weighted by molar-refractivity contribution is 6.32. The van der Waals surface area contributed by atoms with Gasteiger partial charge in [0.2, 0.25) is 0 Å². The van der Waals surface area contributed by atoms with Crippen molar-refractivity contribution in [2.45, 2.75) is 44.1 Å². The normalized spacial score (nSPS) is 17.8. The maximum absolute atomic E-state index is 11.8. The summed E-state index contributed by atoms with van der Waals surface area (Å²) in [6, 6.07) is 7.03. The van der Waals surface area contributed by atoms with Crippen molar-refractivity contribution in [1.29, 1.82) is 0 Å². The molecule has 0 atom stereocenters. The van der Waals surface area contributed by atoms with Crippen molar-refractivity contribution < 1.29 is 14.6 Å². The third-order valence-corrected chi connectivity index (χ3v) is 4.16. The Morgan fingerprint density at radius 2 is 1.90 bits per heavy atom. The van der Waals surface area contributed by atoms with Crippen LogP contribution in [0.1, 0.15) is 38.5 Å². The standard InChI is InChI=1S/C16H22ClNO3/c17-13-7-3-4-8-14(13)21-11-15(19)18-12-16(20)9-5-1-2-6-10-16/h3-4,7-8,20H,1-2,5-6,9-12H2,(H,18,19). The van der Waals surface area contributed by atoms with Gasteiger partial charge in [-0.05, 0) is 25.0 Å². The largest absolute Gasteiger partial charge is 0.482 e. The van der Waals surface area contributed by atoms with Crippen LogP contribution in [0.3, 0.4) is 0 Å². The third-order valence-electron chi connectivity index (χ3n) is 3.84. The molecule has 5 heteroatoms. The van der Waals surface area contributed by atoms with E-state index >= 15 is 0 Å². The van der Waals surface area contributed by atoms with Crippen molar-refractivity contribution in [1.82, 2.24) is 5.32 Å². The Morgan fingerprint density at radius 3 is 2.57 bits per heavy atom. The van der Waals surface area contributed by atoms with Crippen molar-refractivity contribution in [2.75, 3.05) is 13.2 Å². The van der Waals surface area contributed by atoms with Crippen LogP contribution in [0.5, 0.6) is 5.75 Å². The number of aliphatic hydroxyl groups is 1. The number of hydrogen-bond acceptors (Lipinski definition) is 3. The first kappa shape index (κ1) is 16.1. The van der Waals surface area contributed by atoms with E-state index in [2.05, 4.69) is 5.32 Å². The Bertz CT molecular complexity index is 470. The number of carbonyl (C=O) groups excluding carboxylic acids is 1. The molecule has 1 amide bonds. The second-order valence-corrected chi connectivity index (χ2v) is 6.04. The minimum Gasteiger partial charge on any atom is -0.482 e.